The second-order valence-electron chi connectivity index (χ2n) is 16.8. The molecular weight excluding hydrogens is 681 g/mol. The Bertz CT molecular complexity index is 1450. The van der Waals surface area contributed by atoms with Crippen LogP contribution in [-0.4, -0.2) is 54.1 Å². The topological polar surface area (TPSA) is 76.1 Å². The Morgan fingerprint density at radius 1 is 0.863 bits per heavy atom. The lowest BCUT2D eigenvalue weighted by atomic mass is 9.43. The summed E-state index contributed by atoms with van der Waals surface area (Å²) in [7, 11) is 0. The van der Waals surface area contributed by atoms with Crippen molar-refractivity contribution in [1.29, 1.82) is 0 Å². The molecule has 4 aliphatic rings. The first-order valence-corrected chi connectivity index (χ1v) is 20.7. The Hall–Kier alpha value is -2.28. The fraction of sp³-hybridized carbons (Fsp3) is 0.674. The fourth-order valence-electron chi connectivity index (χ4n) is 11.4. The van der Waals surface area contributed by atoms with E-state index in [-0.39, 0.29) is 41.4 Å². The van der Waals surface area contributed by atoms with Crippen LogP contribution in [0.3, 0.4) is 0 Å². The molecular formula is C43H59Cl2NO5. The predicted octanol–water partition coefficient (Wildman–Crippen LogP) is 9.21. The maximum absolute atomic E-state index is 13.1. The molecule has 0 saturated heterocycles. The molecule has 6 nitrogen and oxygen atoms in total. The zero-order valence-corrected chi connectivity index (χ0v) is 32.4. The van der Waals surface area contributed by atoms with Crippen molar-refractivity contribution in [1.82, 2.24) is 0 Å². The van der Waals surface area contributed by atoms with Crippen molar-refractivity contribution in [3.63, 3.8) is 0 Å². The minimum Gasteiger partial charge on any atom is -0.462 e. The number of esters is 2. The number of hydrogen-bond donors (Lipinski definition) is 1. The smallest absolute Gasteiger partial charge is 0.310 e. The SMILES string of the molecule is C[C@H](CCC(=O)OCc1ccccc1)[C@H]1CC[C@H]2[C@@H]3[C@H](O)CC4C[C@H](OC(=O)Cc5ccc(N(CCCl)CCCl)cc5)CC[C@]4(C)[C@H]3CC[C@]12C. The summed E-state index contributed by atoms with van der Waals surface area (Å²) in [6.07, 6.45) is 9.43. The van der Waals surface area contributed by atoms with E-state index in [2.05, 4.69) is 25.7 Å². The molecule has 1 N–H and O–H groups in total. The Morgan fingerprint density at radius 3 is 2.25 bits per heavy atom. The molecule has 2 aromatic carbocycles. The first kappa shape index (κ1) is 38.4. The van der Waals surface area contributed by atoms with Gasteiger partial charge in [-0.2, -0.15) is 0 Å². The molecule has 4 fully saturated rings. The monoisotopic (exact) mass is 739 g/mol. The van der Waals surface area contributed by atoms with Crippen LogP contribution in [0.2, 0.25) is 0 Å². The molecule has 0 aliphatic heterocycles. The van der Waals surface area contributed by atoms with Crippen LogP contribution in [-0.2, 0) is 32.1 Å². The standard InChI is InChI=1S/C43H59Cl2NO5/c1-29(9-16-39(48)50-28-31-7-5-4-6-8-31)35-14-15-36-41-37(18-20-43(35,36)3)42(2)19-17-34(26-32(42)27-38(41)47)51-40(49)25-30-10-12-33(13-11-30)46(23-21-44)24-22-45/h4-8,10-13,29,32,34-38,41,47H,9,14-28H2,1-3H3/t29-,32?,34-,35-,36+,37+,38-,41+,42+,43-/m1/s1. The number of benzene rings is 2. The molecule has 2 aromatic rings. The summed E-state index contributed by atoms with van der Waals surface area (Å²) in [4.78, 5) is 27.9. The van der Waals surface area contributed by atoms with Crippen LogP contribution in [0.5, 0.6) is 0 Å². The van der Waals surface area contributed by atoms with Crippen molar-refractivity contribution in [3.8, 4) is 0 Å². The van der Waals surface area contributed by atoms with Gasteiger partial charge in [-0.25, -0.2) is 0 Å². The van der Waals surface area contributed by atoms with E-state index in [1.54, 1.807) is 0 Å². The van der Waals surface area contributed by atoms with Crippen LogP contribution >= 0.6 is 23.2 Å². The highest BCUT2D eigenvalue weighted by Gasteiger charge is 2.63. The van der Waals surface area contributed by atoms with Crippen molar-refractivity contribution in [2.75, 3.05) is 29.7 Å². The molecule has 0 radical (unpaired) electrons. The normalized spacial score (nSPS) is 33.3. The van der Waals surface area contributed by atoms with Crippen molar-refractivity contribution in [2.45, 2.75) is 110 Å². The Labute approximate surface area is 315 Å². The molecule has 4 aliphatic carbocycles. The van der Waals surface area contributed by atoms with Crippen LogP contribution in [0.25, 0.3) is 0 Å². The van der Waals surface area contributed by atoms with Crippen LogP contribution in [0.4, 0.5) is 5.69 Å². The van der Waals surface area contributed by atoms with Crippen molar-refractivity contribution < 1.29 is 24.2 Å². The Morgan fingerprint density at radius 2 is 1.55 bits per heavy atom. The summed E-state index contributed by atoms with van der Waals surface area (Å²) < 4.78 is 11.7. The van der Waals surface area contributed by atoms with E-state index in [4.69, 9.17) is 32.7 Å². The van der Waals surface area contributed by atoms with E-state index < -0.39 is 0 Å². The molecule has 8 heteroatoms. The quantitative estimate of drug-likeness (QED) is 0.154. The zero-order chi connectivity index (χ0) is 36.2. The van der Waals surface area contributed by atoms with Gasteiger partial charge in [0.15, 0.2) is 0 Å². The molecule has 280 valence electrons. The molecule has 0 amide bonds. The van der Waals surface area contributed by atoms with E-state index in [0.717, 1.165) is 68.4 Å². The predicted molar refractivity (Wildman–Crippen MR) is 205 cm³/mol. The second kappa shape index (κ2) is 16.8. The van der Waals surface area contributed by atoms with Crippen LogP contribution in [0.15, 0.2) is 54.6 Å². The van der Waals surface area contributed by atoms with Crippen LogP contribution < -0.4 is 4.90 Å². The van der Waals surface area contributed by atoms with Gasteiger partial charge in [0.2, 0.25) is 0 Å². The molecule has 0 bridgehead atoms. The number of ether oxygens (including phenoxy) is 2. The number of nitrogens with zero attached hydrogens (tertiary/aromatic N) is 1. The van der Waals surface area contributed by atoms with Gasteiger partial charge >= 0.3 is 11.9 Å². The number of aliphatic hydroxyl groups is 1. The molecule has 0 heterocycles. The Balaban J connectivity index is 1.01. The van der Waals surface area contributed by atoms with E-state index in [1.807, 2.05) is 54.6 Å². The summed E-state index contributed by atoms with van der Waals surface area (Å²) in [6.45, 7) is 9.10. The first-order valence-electron chi connectivity index (χ1n) is 19.6. The molecule has 1 unspecified atom stereocenters. The van der Waals surface area contributed by atoms with Gasteiger partial charge in [0.1, 0.15) is 12.7 Å². The Kier molecular flexibility index (Phi) is 12.7. The van der Waals surface area contributed by atoms with Crippen LogP contribution in [0.1, 0.15) is 96.1 Å². The van der Waals surface area contributed by atoms with Gasteiger partial charge in [0.25, 0.3) is 0 Å². The highest BCUT2D eigenvalue weighted by molar-refractivity contribution is 6.18. The maximum Gasteiger partial charge on any atom is 0.310 e. The largest absolute Gasteiger partial charge is 0.462 e. The minimum absolute atomic E-state index is 0.0912. The number of fused-ring (bicyclic) bond motifs is 5. The average molecular weight is 741 g/mol. The molecule has 51 heavy (non-hydrogen) atoms. The lowest BCUT2D eigenvalue weighted by molar-refractivity contribution is -0.182. The third-order valence-corrected chi connectivity index (χ3v) is 14.4. The number of halogens is 2. The summed E-state index contributed by atoms with van der Waals surface area (Å²) in [6, 6.07) is 17.9. The van der Waals surface area contributed by atoms with E-state index in [0.29, 0.717) is 60.3 Å². The van der Waals surface area contributed by atoms with Crippen molar-refractivity contribution in [3.05, 3.63) is 65.7 Å². The van der Waals surface area contributed by atoms with Gasteiger partial charge in [-0.05, 0) is 127 Å². The molecule has 0 aromatic heterocycles. The van der Waals surface area contributed by atoms with E-state index >= 15 is 0 Å². The summed E-state index contributed by atoms with van der Waals surface area (Å²) >= 11 is 12.0. The summed E-state index contributed by atoms with van der Waals surface area (Å²) in [5.41, 5.74) is 3.36. The van der Waals surface area contributed by atoms with Crippen molar-refractivity contribution in [2.24, 2.45) is 46.3 Å². The second-order valence-corrected chi connectivity index (χ2v) is 17.5. The number of carbonyl (C=O) groups excluding carboxylic acids is 2. The highest BCUT2D eigenvalue weighted by atomic mass is 35.5. The number of anilines is 1. The number of aliphatic hydroxyl groups excluding tert-OH is 1. The molecule has 10 atom stereocenters. The molecule has 6 rings (SSSR count). The lowest BCUT2D eigenvalue weighted by Gasteiger charge is -2.62. The zero-order valence-electron chi connectivity index (χ0n) is 30.9. The van der Waals surface area contributed by atoms with E-state index in [1.165, 1.54) is 19.3 Å². The summed E-state index contributed by atoms with van der Waals surface area (Å²) in [5.74, 6) is 3.47. The van der Waals surface area contributed by atoms with Gasteiger partial charge in [-0.1, -0.05) is 63.2 Å². The van der Waals surface area contributed by atoms with Gasteiger partial charge in [0, 0.05) is 37.0 Å². The fourth-order valence-corrected chi connectivity index (χ4v) is 11.8. The summed E-state index contributed by atoms with van der Waals surface area (Å²) in [5, 5.41) is 11.9. The van der Waals surface area contributed by atoms with E-state index in [9.17, 15) is 14.7 Å². The third kappa shape index (κ3) is 8.44. The number of alkyl halides is 2. The minimum atomic E-state index is -0.315. The van der Waals surface area contributed by atoms with Crippen LogP contribution in [0, 0.1) is 46.3 Å². The number of hydrogen-bond acceptors (Lipinski definition) is 6. The number of carbonyl (C=O) groups is 2. The third-order valence-electron chi connectivity index (χ3n) is 14.1. The van der Waals surface area contributed by atoms with Gasteiger partial charge < -0.3 is 19.5 Å². The molecule has 0 spiro atoms. The van der Waals surface area contributed by atoms with Gasteiger partial charge in [-0.15, -0.1) is 23.2 Å². The lowest BCUT2D eigenvalue weighted by Crippen LogP contribution is -2.58. The molecule has 4 saturated carbocycles. The van der Waals surface area contributed by atoms with Crippen molar-refractivity contribution >= 4 is 40.8 Å². The maximum atomic E-state index is 13.1. The van der Waals surface area contributed by atoms with Gasteiger partial charge in [0.05, 0.1) is 12.5 Å². The first-order chi connectivity index (χ1) is 24.6. The highest BCUT2D eigenvalue weighted by Crippen LogP contribution is 2.68. The average Bonchev–Trinajstić information content (AvgIpc) is 3.48. The van der Waals surface area contributed by atoms with Gasteiger partial charge in [-0.3, -0.25) is 9.59 Å². The number of rotatable bonds is 14.